The molecule has 2 heterocycles. The lowest BCUT2D eigenvalue weighted by molar-refractivity contribution is -0.133. The van der Waals surface area contributed by atoms with Crippen LogP contribution in [0.1, 0.15) is 10.4 Å². The fourth-order valence-corrected chi connectivity index (χ4v) is 3.46. The molecule has 8 heteroatoms. The van der Waals surface area contributed by atoms with Crippen LogP contribution in [0.25, 0.3) is 10.8 Å². The molecule has 0 saturated carbocycles. The molecule has 8 nitrogen and oxygen atoms in total. The van der Waals surface area contributed by atoms with Gasteiger partial charge in [0.1, 0.15) is 12.3 Å². The minimum absolute atomic E-state index is 0.0212. The number of hydrogen-bond donors (Lipinski definition) is 2. The van der Waals surface area contributed by atoms with Gasteiger partial charge in [-0.2, -0.15) is 5.10 Å². The first-order valence-corrected chi connectivity index (χ1v) is 9.52. The molecule has 2 amide bonds. The SMILES string of the molecule is CN1CCN(C(=O)Cn2ccc(NC(=O)c3cccc4cc(O)ccc34)n2)CC1. The topological polar surface area (TPSA) is 90.7 Å². The highest BCUT2D eigenvalue weighted by molar-refractivity contribution is 6.12. The van der Waals surface area contributed by atoms with Crippen molar-refractivity contribution < 1.29 is 14.7 Å². The van der Waals surface area contributed by atoms with Gasteiger partial charge in [0.05, 0.1) is 0 Å². The van der Waals surface area contributed by atoms with E-state index in [0.717, 1.165) is 37.0 Å². The molecule has 1 fully saturated rings. The maximum Gasteiger partial charge on any atom is 0.257 e. The first-order chi connectivity index (χ1) is 14.0. The molecule has 1 aliphatic heterocycles. The molecule has 1 aromatic heterocycles. The maximum atomic E-state index is 12.7. The Balaban J connectivity index is 1.43. The zero-order valence-corrected chi connectivity index (χ0v) is 16.2. The molecule has 0 spiro atoms. The number of aromatic hydroxyl groups is 1. The van der Waals surface area contributed by atoms with E-state index in [1.807, 2.05) is 18.0 Å². The number of nitrogens with zero attached hydrogens (tertiary/aromatic N) is 4. The number of phenolic OH excluding ortho intramolecular Hbond substituents is 1. The van der Waals surface area contributed by atoms with Gasteiger partial charge >= 0.3 is 0 Å². The molecule has 4 rings (SSSR count). The lowest BCUT2D eigenvalue weighted by atomic mass is 10.0. The van der Waals surface area contributed by atoms with E-state index in [2.05, 4.69) is 15.3 Å². The second-order valence-electron chi connectivity index (χ2n) is 7.25. The monoisotopic (exact) mass is 393 g/mol. The van der Waals surface area contributed by atoms with Crippen molar-refractivity contribution >= 4 is 28.4 Å². The lowest BCUT2D eigenvalue weighted by Crippen LogP contribution is -2.48. The number of likely N-dealkylation sites (N-methyl/N-ethyl adjacent to an activating group) is 1. The van der Waals surface area contributed by atoms with Crippen LogP contribution in [0.4, 0.5) is 5.82 Å². The molecular weight excluding hydrogens is 370 g/mol. The summed E-state index contributed by atoms with van der Waals surface area (Å²) in [4.78, 5) is 29.2. The summed E-state index contributed by atoms with van der Waals surface area (Å²) >= 11 is 0. The van der Waals surface area contributed by atoms with E-state index in [-0.39, 0.29) is 24.1 Å². The average Bonchev–Trinajstić information content (AvgIpc) is 3.14. The first kappa shape index (κ1) is 18.9. The van der Waals surface area contributed by atoms with Crippen molar-refractivity contribution in [2.24, 2.45) is 0 Å². The third-order valence-electron chi connectivity index (χ3n) is 5.14. The summed E-state index contributed by atoms with van der Waals surface area (Å²) in [5.74, 6) is 0.264. The minimum atomic E-state index is -0.295. The van der Waals surface area contributed by atoms with E-state index in [1.165, 1.54) is 4.68 Å². The fraction of sp³-hybridized carbons (Fsp3) is 0.286. The molecule has 0 unspecified atom stereocenters. The summed E-state index contributed by atoms with van der Waals surface area (Å²) in [7, 11) is 2.04. The Morgan fingerprint density at radius 1 is 1.10 bits per heavy atom. The largest absolute Gasteiger partial charge is 0.508 e. The third kappa shape index (κ3) is 4.22. The summed E-state index contributed by atoms with van der Waals surface area (Å²) in [5, 5.41) is 18.2. The number of phenols is 1. The normalized spacial score (nSPS) is 14.9. The maximum absolute atomic E-state index is 12.7. The second-order valence-corrected chi connectivity index (χ2v) is 7.25. The molecule has 0 aliphatic carbocycles. The van der Waals surface area contributed by atoms with Gasteiger partial charge in [-0.25, -0.2) is 0 Å². The quantitative estimate of drug-likeness (QED) is 0.705. The van der Waals surface area contributed by atoms with Crippen molar-refractivity contribution in [2.45, 2.75) is 6.54 Å². The van der Waals surface area contributed by atoms with Crippen LogP contribution in [-0.2, 0) is 11.3 Å². The Morgan fingerprint density at radius 3 is 2.69 bits per heavy atom. The average molecular weight is 393 g/mol. The van der Waals surface area contributed by atoms with Gasteiger partial charge in [-0.3, -0.25) is 14.3 Å². The van der Waals surface area contributed by atoms with E-state index in [9.17, 15) is 14.7 Å². The van der Waals surface area contributed by atoms with Crippen molar-refractivity contribution in [2.75, 3.05) is 38.5 Å². The van der Waals surface area contributed by atoms with Gasteiger partial charge in [0.15, 0.2) is 5.82 Å². The van der Waals surface area contributed by atoms with Gasteiger partial charge in [0.25, 0.3) is 5.91 Å². The fourth-order valence-electron chi connectivity index (χ4n) is 3.46. The molecule has 150 valence electrons. The molecule has 0 radical (unpaired) electrons. The van der Waals surface area contributed by atoms with Crippen LogP contribution in [0.15, 0.2) is 48.7 Å². The van der Waals surface area contributed by atoms with E-state index in [4.69, 9.17) is 0 Å². The van der Waals surface area contributed by atoms with Gasteiger partial charge in [-0.1, -0.05) is 12.1 Å². The van der Waals surface area contributed by atoms with Crippen molar-refractivity contribution in [3.63, 3.8) is 0 Å². The second kappa shape index (κ2) is 7.92. The Labute approximate surface area is 168 Å². The van der Waals surface area contributed by atoms with Crippen molar-refractivity contribution in [3.05, 3.63) is 54.2 Å². The number of aromatic nitrogens is 2. The molecule has 2 N–H and O–H groups in total. The van der Waals surface area contributed by atoms with Crippen LogP contribution in [0.3, 0.4) is 0 Å². The molecule has 1 saturated heterocycles. The third-order valence-corrected chi connectivity index (χ3v) is 5.14. The van der Waals surface area contributed by atoms with Gasteiger partial charge in [-0.05, 0) is 42.1 Å². The Bertz CT molecular complexity index is 1050. The predicted octanol–water partition coefficient (Wildman–Crippen LogP) is 1.77. The smallest absolute Gasteiger partial charge is 0.257 e. The van der Waals surface area contributed by atoms with E-state index >= 15 is 0 Å². The van der Waals surface area contributed by atoms with Crippen molar-refractivity contribution in [1.29, 1.82) is 0 Å². The summed E-state index contributed by atoms with van der Waals surface area (Å²) < 4.78 is 1.54. The number of amides is 2. The van der Waals surface area contributed by atoms with Gasteiger partial charge in [0, 0.05) is 44.0 Å². The first-order valence-electron chi connectivity index (χ1n) is 9.52. The molecule has 3 aromatic rings. The summed E-state index contributed by atoms with van der Waals surface area (Å²) in [6.07, 6.45) is 1.69. The Morgan fingerprint density at radius 2 is 1.90 bits per heavy atom. The number of carbonyl (C=O) groups is 2. The Hall–Kier alpha value is -3.39. The zero-order valence-electron chi connectivity index (χ0n) is 16.2. The highest BCUT2D eigenvalue weighted by atomic mass is 16.3. The Kier molecular flexibility index (Phi) is 5.18. The van der Waals surface area contributed by atoms with Gasteiger partial charge in [0.2, 0.25) is 5.91 Å². The van der Waals surface area contributed by atoms with Gasteiger partial charge < -0.3 is 20.2 Å². The molecule has 0 bridgehead atoms. The number of fused-ring (bicyclic) bond motifs is 1. The molecule has 1 aliphatic rings. The van der Waals surface area contributed by atoms with E-state index in [1.54, 1.807) is 42.6 Å². The van der Waals surface area contributed by atoms with Gasteiger partial charge in [-0.15, -0.1) is 0 Å². The van der Waals surface area contributed by atoms with Crippen molar-refractivity contribution in [1.82, 2.24) is 19.6 Å². The summed E-state index contributed by atoms with van der Waals surface area (Å²) in [6.45, 7) is 3.32. The number of anilines is 1. The molecular formula is C21H23N5O3. The number of hydrogen-bond acceptors (Lipinski definition) is 5. The van der Waals surface area contributed by atoms with Crippen LogP contribution in [0.5, 0.6) is 5.75 Å². The molecule has 29 heavy (non-hydrogen) atoms. The standard InChI is InChI=1S/C21H23N5O3/c1-24-9-11-25(12-10-24)20(28)14-26-8-7-19(23-26)22-21(29)18-4-2-3-15-13-16(27)5-6-17(15)18/h2-8,13,27H,9-12,14H2,1H3,(H,22,23,29). The summed E-state index contributed by atoms with van der Waals surface area (Å²) in [5.41, 5.74) is 0.491. The van der Waals surface area contributed by atoms with Crippen LogP contribution in [0, 0.1) is 0 Å². The van der Waals surface area contributed by atoms with E-state index in [0.29, 0.717) is 11.4 Å². The number of rotatable bonds is 4. The molecule has 0 atom stereocenters. The van der Waals surface area contributed by atoms with E-state index < -0.39 is 0 Å². The number of piperazine rings is 1. The highest BCUT2D eigenvalue weighted by Gasteiger charge is 2.19. The number of carbonyl (C=O) groups excluding carboxylic acids is 2. The minimum Gasteiger partial charge on any atom is -0.508 e. The number of benzene rings is 2. The van der Waals surface area contributed by atoms with Crippen molar-refractivity contribution in [3.8, 4) is 5.75 Å². The lowest BCUT2D eigenvalue weighted by Gasteiger charge is -2.32. The van der Waals surface area contributed by atoms with Crippen LogP contribution in [-0.4, -0.2) is 69.7 Å². The molecule has 2 aromatic carbocycles. The summed E-state index contributed by atoms with van der Waals surface area (Å²) in [6, 6.07) is 11.9. The zero-order chi connectivity index (χ0) is 20.4. The highest BCUT2D eigenvalue weighted by Crippen LogP contribution is 2.23. The van der Waals surface area contributed by atoms with Crippen LogP contribution < -0.4 is 5.32 Å². The number of nitrogens with one attached hydrogen (secondary N) is 1. The predicted molar refractivity (Wildman–Crippen MR) is 110 cm³/mol. The van der Waals surface area contributed by atoms with Crippen LogP contribution in [0.2, 0.25) is 0 Å². The van der Waals surface area contributed by atoms with Crippen LogP contribution >= 0.6 is 0 Å².